The molecule has 0 amide bonds. The Bertz CT molecular complexity index is 894. The number of aromatic nitrogens is 5. The first-order chi connectivity index (χ1) is 11.7. The van der Waals surface area contributed by atoms with Crippen LogP contribution in [-0.4, -0.2) is 55.8 Å². The average Bonchev–Trinajstić information content (AvgIpc) is 2.98. The van der Waals surface area contributed by atoms with Crippen LogP contribution in [0.15, 0.2) is 35.4 Å². The van der Waals surface area contributed by atoms with Crippen molar-refractivity contribution in [1.29, 1.82) is 0 Å². The van der Waals surface area contributed by atoms with Crippen LogP contribution in [0, 0.1) is 0 Å². The van der Waals surface area contributed by atoms with Crippen molar-refractivity contribution in [1.82, 2.24) is 29.6 Å². The number of rotatable bonds is 3. The van der Waals surface area contributed by atoms with Gasteiger partial charge in [-0.1, -0.05) is 6.07 Å². The molecule has 3 aromatic rings. The highest BCUT2D eigenvalue weighted by Crippen LogP contribution is 2.14. The maximum absolute atomic E-state index is 12.2. The fraction of sp³-hybridized carbons (Fsp3) is 0.375. The Balaban J connectivity index is 1.48. The third kappa shape index (κ3) is 2.76. The molecule has 1 N–H and O–H groups in total. The summed E-state index contributed by atoms with van der Waals surface area (Å²) in [5.41, 5.74) is 1.55. The lowest BCUT2D eigenvalue weighted by Gasteiger charge is -2.34. The van der Waals surface area contributed by atoms with E-state index in [1.54, 1.807) is 17.9 Å². The SMILES string of the molecule is Cn1ncc2c(=O)[nH]c(N3CCN(Cc4ccccn4)CC3)nc21. The van der Waals surface area contributed by atoms with E-state index in [4.69, 9.17) is 0 Å². The Morgan fingerprint density at radius 1 is 1.21 bits per heavy atom. The number of fused-ring (bicyclic) bond motifs is 1. The summed E-state index contributed by atoms with van der Waals surface area (Å²) in [6, 6.07) is 5.98. The van der Waals surface area contributed by atoms with E-state index in [2.05, 4.69) is 29.9 Å². The molecule has 0 aromatic carbocycles. The lowest BCUT2D eigenvalue weighted by Crippen LogP contribution is -2.47. The minimum atomic E-state index is -0.140. The van der Waals surface area contributed by atoms with E-state index in [-0.39, 0.29) is 5.56 Å². The number of nitrogens with one attached hydrogen (secondary N) is 1. The van der Waals surface area contributed by atoms with E-state index in [1.807, 2.05) is 24.4 Å². The van der Waals surface area contributed by atoms with Gasteiger partial charge in [-0.2, -0.15) is 10.1 Å². The molecule has 1 saturated heterocycles. The smallest absolute Gasteiger partial charge is 0.263 e. The van der Waals surface area contributed by atoms with Crippen molar-refractivity contribution in [2.75, 3.05) is 31.1 Å². The van der Waals surface area contributed by atoms with Crippen molar-refractivity contribution in [2.45, 2.75) is 6.54 Å². The van der Waals surface area contributed by atoms with Crippen LogP contribution in [0.25, 0.3) is 11.0 Å². The monoisotopic (exact) mass is 325 g/mol. The molecule has 0 atom stereocenters. The highest BCUT2D eigenvalue weighted by molar-refractivity contribution is 5.74. The summed E-state index contributed by atoms with van der Waals surface area (Å²) >= 11 is 0. The predicted octanol–water partition coefficient (Wildman–Crippen LogP) is 0.374. The van der Waals surface area contributed by atoms with Crippen LogP contribution in [0.5, 0.6) is 0 Å². The van der Waals surface area contributed by atoms with E-state index >= 15 is 0 Å². The number of pyridine rings is 1. The van der Waals surface area contributed by atoms with Gasteiger partial charge >= 0.3 is 0 Å². The molecule has 0 spiro atoms. The first-order valence-corrected chi connectivity index (χ1v) is 8.00. The quantitative estimate of drug-likeness (QED) is 0.749. The van der Waals surface area contributed by atoms with Gasteiger partial charge in [0.15, 0.2) is 5.65 Å². The normalized spacial score (nSPS) is 16.0. The summed E-state index contributed by atoms with van der Waals surface area (Å²) in [6.07, 6.45) is 3.37. The van der Waals surface area contributed by atoms with Gasteiger partial charge in [-0.25, -0.2) is 0 Å². The number of piperazine rings is 1. The molecule has 1 aliphatic rings. The van der Waals surface area contributed by atoms with Crippen LogP contribution in [-0.2, 0) is 13.6 Å². The molecule has 0 radical (unpaired) electrons. The van der Waals surface area contributed by atoms with Crippen molar-refractivity contribution in [3.8, 4) is 0 Å². The zero-order valence-corrected chi connectivity index (χ0v) is 13.5. The average molecular weight is 325 g/mol. The molecule has 8 heteroatoms. The number of anilines is 1. The fourth-order valence-corrected chi connectivity index (χ4v) is 3.01. The van der Waals surface area contributed by atoms with Crippen LogP contribution in [0.1, 0.15) is 5.69 Å². The highest BCUT2D eigenvalue weighted by Gasteiger charge is 2.20. The molecule has 3 aromatic heterocycles. The van der Waals surface area contributed by atoms with E-state index in [0.29, 0.717) is 17.0 Å². The minimum Gasteiger partial charge on any atom is -0.340 e. The topological polar surface area (TPSA) is 82.9 Å². The van der Waals surface area contributed by atoms with Crippen LogP contribution in [0.3, 0.4) is 0 Å². The van der Waals surface area contributed by atoms with Gasteiger partial charge in [0.25, 0.3) is 5.56 Å². The van der Waals surface area contributed by atoms with Gasteiger partial charge in [0.05, 0.1) is 11.9 Å². The molecule has 1 aliphatic heterocycles. The van der Waals surface area contributed by atoms with Gasteiger partial charge in [-0.15, -0.1) is 0 Å². The van der Waals surface area contributed by atoms with Crippen molar-refractivity contribution in [2.24, 2.45) is 7.05 Å². The van der Waals surface area contributed by atoms with Crippen LogP contribution < -0.4 is 10.5 Å². The number of aromatic amines is 1. The van der Waals surface area contributed by atoms with Gasteiger partial charge in [0.2, 0.25) is 5.95 Å². The molecular formula is C16H19N7O. The third-order valence-corrected chi connectivity index (χ3v) is 4.37. The van der Waals surface area contributed by atoms with Crippen molar-refractivity contribution in [3.05, 3.63) is 46.6 Å². The van der Waals surface area contributed by atoms with Gasteiger partial charge in [-0.05, 0) is 12.1 Å². The maximum Gasteiger partial charge on any atom is 0.263 e. The second-order valence-electron chi connectivity index (χ2n) is 5.98. The molecule has 0 bridgehead atoms. The number of nitrogens with zero attached hydrogens (tertiary/aromatic N) is 6. The zero-order chi connectivity index (χ0) is 16.5. The van der Waals surface area contributed by atoms with Gasteiger partial charge in [0.1, 0.15) is 5.39 Å². The lowest BCUT2D eigenvalue weighted by atomic mass is 10.3. The Morgan fingerprint density at radius 2 is 2.04 bits per heavy atom. The third-order valence-electron chi connectivity index (χ3n) is 4.37. The molecule has 1 fully saturated rings. The standard InChI is InChI=1S/C16H19N7O/c1-21-14-13(10-18-21)15(24)20-16(19-14)23-8-6-22(7-9-23)11-12-4-2-3-5-17-12/h2-5,10H,6-9,11H2,1H3,(H,19,20,24). The Labute approximate surface area is 138 Å². The summed E-state index contributed by atoms with van der Waals surface area (Å²) in [4.78, 5) is 28.5. The second kappa shape index (κ2) is 6.04. The molecule has 124 valence electrons. The van der Waals surface area contributed by atoms with E-state index in [0.717, 1.165) is 38.4 Å². The van der Waals surface area contributed by atoms with Crippen molar-refractivity contribution < 1.29 is 0 Å². The van der Waals surface area contributed by atoms with Gasteiger partial charge < -0.3 is 4.90 Å². The van der Waals surface area contributed by atoms with E-state index in [9.17, 15) is 4.79 Å². The summed E-state index contributed by atoms with van der Waals surface area (Å²) in [5.74, 6) is 0.619. The summed E-state index contributed by atoms with van der Waals surface area (Å²) in [6.45, 7) is 4.30. The largest absolute Gasteiger partial charge is 0.340 e. The molecule has 8 nitrogen and oxygen atoms in total. The lowest BCUT2D eigenvalue weighted by molar-refractivity contribution is 0.246. The Hall–Kier alpha value is -2.74. The fourth-order valence-electron chi connectivity index (χ4n) is 3.01. The number of H-pyrrole nitrogens is 1. The van der Waals surface area contributed by atoms with Gasteiger partial charge in [0, 0.05) is 46.0 Å². The highest BCUT2D eigenvalue weighted by atomic mass is 16.1. The number of hydrogen-bond acceptors (Lipinski definition) is 6. The van der Waals surface area contributed by atoms with Crippen LogP contribution >= 0.6 is 0 Å². The summed E-state index contributed by atoms with van der Waals surface area (Å²) in [7, 11) is 1.79. The molecule has 24 heavy (non-hydrogen) atoms. The van der Waals surface area contributed by atoms with Crippen LogP contribution in [0.4, 0.5) is 5.95 Å². The first-order valence-electron chi connectivity index (χ1n) is 8.00. The van der Waals surface area contributed by atoms with Crippen molar-refractivity contribution >= 4 is 17.0 Å². The summed E-state index contributed by atoms with van der Waals surface area (Å²) in [5, 5.41) is 4.63. The second-order valence-corrected chi connectivity index (χ2v) is 5.98. The summed E-state index contributed by atoms with van der Waals surface area (Å²) < 4.78 is 1.63. The molecule has 4 heterocycles. The molecular weight excluding hydrogens is 306 g/mol. The zero-order valence-electron chi connectivity index (χ0n) is 13.5. The van der Waals surface area contributed by atoms with E-state index < -0.39 is 0 Å². The van der Waals surface area contributed by atoms with Crippen LogP contribution in [0.2, 0.25) is 0 Å². The Morgan fingerprint density at radius 3 is 2.79 bits per heavy atom. The first kappa shape index (κ1) is 14.8. The number of aryl methyl sites for hydroxylation is 1. The molecule has 0 aliphatic carbocycles. The molecule has 0 saturated carbocycles. The van der Waals surface area contributed by atoms with Gasteiger partial charge in [-0.3, -0.25) is 24.3 Å². The molecule has 0 unspecified atom stereocenters. The van der Waals surface area contributed by atoms with E-state index in [1.165, 1.54) is 0 Å². The number of hydrogen-bond donors (Lipinski definition) is 1. The van der Waals surface area contributed by atoms with Crippen molar-refractivity contribution in [3.63, 3.8) is 0 Å². The maximum atomic E-state index is 12.2. The minimum absolute atomic E-state index is 0.140. The predicted molar refractivity (Wildman–Crippen MR) is 90.9 cm³/mol. The Kier molecular flexibility index (Phi) is 3.73. The molecule has 4 rings (SSSR count).